The van der Waals surface area contributed by atoms with E-state index in [2.05, 4.69) is 9.71 Å². The fourth-order valence-corrected chi connectivity index (χ4v) is 2.83. The lowest BCUT2D eigenvalue weighted by atomic mass is 10.2. The van der Waals surface area contributed by atoms with E-state index in [0.717, 1.165) is 12.8 Å². The Morgan fingerprint density at radius 3 is 2.78 bits per heavy atom. The van der Waals surface area contributed by atoms with Crippen LogP contribution in [0.3, 0.4) is 0 Å². The molecule has 0 saturated heterocycles. The van der Waals surface area contributed by atoms with Crippen molar-refractivity contribution in [3.63, 3.8) is 0 Å². The molecule has 0 bridgehead atoms. The predicted octanol–water partition coefficient (Wildman–Crippen LogP) is 0.0851. The highest BCUT2D eigenvalue weighted by atomic mass is 32.2. The van der Waals surface area contributed by atoms with Crippen LogP contribution in [0, 0.1) is 0 Å². The van der Waals surface area contributed by atoms with Crippen LogP contribution in [0.4, 0.5) is 0 Å². The van der Waals surface area contributed by atoms with E-state index in [9.17, 15) is 13.2 Å². The quantitative estimate of drug-likeness (QED) is 0.334. The van der Waals surface area contributed by atoms with Crippen LogP contribution in [0.15, 0.2) is 17.2 Å². The molecule has 0 spiro atoms. The van der Waals surface area contributed by atoms with Crippen molar-refractivity contribution in [1.82, 2.24) is 15.1 Å². The van der Waals surface area contributed by atoms with Crippen molar-refractivity contribution in [3.8, 4) is 0 Å². The molecular weight excluding hydrogens is 256 g/mol. The molecule has 1 amide bonds. The number of nitrogens with two attached hydrogens (primary N) is 1. The molecule has 0 aromatic carbocycles. The van der Waals surface area contributed by atoms with E-state index in [0.29, 0.717) is 0 Å². The SMILES string of the molecule is CCCC(C)NS(=O)(=O)c1c[nH]c(C(=O)NN)c1. The van der Waals surface area contributed by atoms with E-state index in [-0.39, 0.29) is 16.6 Å². The highest BCUT2D eigenvalue weighted by Gasteiger charge is 2.19. The van der Waals surface area contributed by atoms with Gasteiger partial charge in [0.25, 0.3) is 5.91 Å². The minimum atomic E-state index is -3.60. The second kappa shape index (κ2) is 5.98. The molecule has 0 saturated carbocycles. The number of carbonyl (C=O) groups is 1. The molecule has 8 heteroatoms. The van der Waals surface area contributed by atoms with Crippen molar-refractivity contribution in [1.29, 1.82) is 0 Å². The van der Waals surface area contributed by atoms with Gasteiger partial charge in [-0.2, -0.15) is 0 Å². The number of aromatic nitrogens is 1. The maximum Gasteiger partial charge on any atom is 0.281 e. The smallest absolute Gasteiger partial charge is 0.281 e. The van der Waals surface area contributed by atoms with Crippen LogP contribution in [-0.2, 0) is 10.0 Å². The summed E-state index contributed by atoms with van der Waals surface area (Å²) in [5.74, 6) is 4.39. The monoisotopic (exact) mass is 274 g/mol. The number of nitrogen functional groups attached to an aromatic ring is 1. The van der Waals surface area contributed by atoms with Gasteiger partial charge in [0, 0.05) is 12.2 Å². The minimum absolute atomic E-state index is 0.0176. The summed E-state index contributed by atoms with van der Waals surface area (Å²) in [5.41, 5.74) is 2.02. The number of hydrazine groups is 1. The van der Waals surface area contributed by atoms with E-state index in [1.807, 2.05) is 12.3 Å². The van der Waals surface area contributed by atoms with Crippen LogP contribution in [0.2, 0.25) is 0 Å². The Labute approximate surface area is 106 Å². The molecule has 0 aliphatic heterocycles. The Morgan fingerprint density at radius 2 is 2.22 bits per heavy atom. The molecule has 102 valence electrons. The van der Waals surface area contributed by atoms with Gasteiger partial charge in [-0.15, -0.1) is 0 Å². The molecule has 1 atom stereocenters. The lowest BCUT2D eigenvalue weighted by Crippen LogP contribution is -2.32. The molecule has 0 radical (unpaired) electrons. The zero-order valence-corrected chi connectivity index (χ0v) is 11.2. The molecule has 1 unspecified atom stereocenters. The van der Waals surface area contributed by atoms with Gasteiger partial charge >= 0.3 is 0 Å². The fourth-order valence-electron chi connectivity index (χ4n) is 1.56. The molecule has 1 aromatic rings. The van der Waals surface area contributed by atoms with Crippen LogP contribution in [0.25, 0.3) is 0 Å². The standard InChI is InChI=1S/C10H18N4O3S/c1-3-4-7(2)14-18(16,17)8-5-9(12-6-8)10(15)13-11/h5-7,12,14H,3-4,11H2,1-2H3,(H,13,15). The molecule has 1 aromatic heterocycles. The Kier molecular flexibility index (Phi) is 4.88. The summed E-state index contributed by atoms with van der Waals surface area (Å²) in [7, 11) is -3.60. The second-order valence-corrected chi connectivity index (χ2v) is 5.75. The number of H-pyrrole nitrogens is 1. The molecule has 18 heavy (non-hydrogen) atoms. The molecule has 7 nitrogen and oxygen atoms in total. The van der Waals surface area contributed by atoms with Crippen molar-refractivity contribution in [2.45, 2.75) is 37.6 Å². The predicted molar refractivity (Wildman–Crippen MR) is 67.1 cm³/mol. The van der Waals surface area contributed by atoms with Gasteiger partial charge < -0.3 is 4.98 Å². The molecule has 0 aliphatic carbocycles. The largest absolute Gasteiger partial charge is 0.356 e. The van der Waals surface area contributed by atoms with E-state index in [4.69, 9.17) is 5.84 Å². The lowest BCUT2D eigenvalue weighted by molar-refractivity contribution is 0.0949. The number of sulfonamides is 1. The Balaban J connectivity index is 2.85. The average Bonchev–Trinajstić information content (AvgIpc) is 2.77. The Hall–Kier alpha value is -1.38. The summed E-state index contributed by atoms with van der Waals surface area (Å²) in [5, 5.41) is 0. The zero-order chi connectivity index (χ0) is 13.8. The number of rotatable bonds is 6. The summed E-state index contributed by atoms with van der Waals surface area (Å²) in [6, 6.07) is 1.09. The van der Waals surface area contributed by atoms with Gasteiger partial charge in [-0.1, -0.05) is 13.3 Å². The Bertz CT molecular complexity index is 509. The van der Waals surface area contributed by atoms with Crippen molar-refractivity contribution in [3.05, 3.63) is 18.0 Å². The number of amides is 1. The third-order valence-electron chi connectivity index (χ3n) is 2.42. The van der Waals surface area contributed by atoms with Gasteiger partial charge in [0.1, 0.15) is 10.6 Å². The van der Waals surface area contributed by atoms with Gasteiger partial charge in [0.2, 0.25) is 10.0 Å². The number of aromatic amines is 1. The summed E-state index contributed by atoms with van der Waals surface area (Å²) in [6.07, 6.45) is 2.89. The number of hydrogen-bond acceptors (Lipinski definition) is 4. The molecule has 0 fully saturated rings. The summed E-state index contributed by atoms with van der Waals surface area (Å²) in [4.78, 5) is 13.8. The number of nitrogens with one attached hydrogen (secondary N) is 3. The van der Waals surface area contributed by atoms with Crippen molar-refractivity contribution in [2.75, 3.05) is 0 Å². The van der Waals surface area contributed by atoms with Crippen LogP contribution in [-0.4, -0.2) is 25.4 Å². The maximum absolute atomic E-state index is 11.9. The zero-order valence-electron chi connectivity index (χ0n) is 10.4. The highest BCUT2D eigenvalue weighted by molar-refractivity contribution is 7.89. The molecule has 1 heterocycles. The van der Waals surface area contributed by atoms with Crippen LogP contribution in [0.1, 0.15) is 37.2 Å². The average molecular weight is 274 g/mol. The molecular formula is C10H18N4O3S. The van der Waals surface area contributed by atoms with E-state index >= 15 is 0 Å². The first kappa shape index (κ1) is 14.7. The van der Waals surface area contributed by atoms with Gasteiger partial charge in [-0.05, 0) is 19.4 Å². The summed E-state index contributed by atoms with van der Waals surface area (Å²) in [6.45, 7) is 3.77. The minimum Gasteiger partial charge on any atom is -0.356 e. The van der Waals surface area contributed by atoms with Crippen molar-refractivity contribution >= 4 is 15.9 Å². The number of hydrogen-bond donors (Lipinski definition) is 4. The van der Waals surface area contributed by atoms with Crippen LogP contribution >= 0.6 is 0 Å². The summed E-state index contributed by atoms with van der Waals surface area (Å²) < 4.78 is 26.4. The topological polar surface area (TPSA) is 117 Å². The van der Waals surface area contributed by atoms with Gasteiger partial charge in [-0.25, -0.2) is 19.0 Å². The van der Waals surface area contributed by atoms with Gasteiger partial charge in [0.05, 0.1) is 0 Å². The highest BCUT2D eigenvalue weighted by Crippen LogP contribution is 2.12. The van der Waals surface area contributed by atoms with E-state index < -0.39 is 15.9 Å². The van der Waals surface area contributed by atoms with E-state index in [1.54, 1.807) is 6.92 Å². The second-order valence-electron chi connectivity index (χ2n) is 4.03. The third-order valence-corrected chi connectivity index (χ3v) is 3.99. The number of carbonyl (C=O) groups excluding carboxylic acids is 1. The van der Waals surface area contributed by atoms with Crippen molar-refractivity contribution < 1.29 is 13.2 Å². The van der Waals surface area contributed by atoms with Crippen LogP contribution < -0.4 is 16.0 Å². The van der Waals surface area contributed by atoms with Crippen LogP contribution in [0.5, 0.6) is 0 Å². The Morgan fingerprint density at radius 1 is 1.56 bits per heavy atom. The van der Waals surface area contributed by atoms with Crippen molar-refractivity contribution in [2.24, 2.45) is 5.84 Å². The normalized spacial score (nSPS) is 13.3. The first-order chi connectivity index (χ1) is 8.40. The first-order valence-electron chi connectivity index (χ1n) is 5.62. The van der Waals surface area contributed by atoms with Gasteiger partial charge in [0.15, 0.2) is 0 Å². The molecule has 5 N–H and O–H groups in total. The maximum atomic E-state index is 11.9. The molecule has 0 aliphatic rings. The fraction of sp³-hybridized carbons (Fsp3) is 0.500. The molecule has 1 rings (SSSR count). The third kappa shape index (κ3) is 3.56. The lowest BCUT2D eigenvalue weighted by Gasteiger charge is -2.11. The summed E-state index contributed by atoms with van der Waals surface area (Å²) >= 11 is 0. The van der Waals surface area contributed by atoms with Gasteiger partial charge in [-0.3, -0.25) is 10.2 Å². The first-order valence-corrected chi connectivity index (χ1v) is 7.10. The van der Waals surface area contributed by atoms with E-state index in [1.165, 1.54) is 12.3 Å².